The van der Waals surface area contributed by atoms with Crippen LogP contribution in [0.15, 0.2) is 10.7 Å². The Bertz CT molecular complexity index is 655. The summed E-state index contributed by atoms with van der Waals surface area (Å²) in [6.07, 6.45) is -3.24. The van der Waals surface area contributed by atoms with E-state index in [1.165, 1.54) is 6.20 Å². The van der Waals surface area contributed by atoms with Crippen LogP contribution in [0.3, 0.4) is 0 Å². The summed E-state index contributed by atoms with van der Waals surface area (Å²) < 4.78 is 38.4. The van der Waals surface area contributed by atoms with Gasteiger partial charge in [-0.15, -0.1) is 0 Å². The average molecular weight is 320 g/mol. The van der Waals surface area contributed by atoms with Crippen molar-refractivity contribution in [2.75, 3.05) is 5.73 Å². The zero-order valence-electron chi connectivity index (χ0n) is 8.66. The average Bonchev–Trinajstić information content (AvgIpc) is 2.60. The van der Waals surface area contributed by atoms with Gasteiger partial charge < -0.3 is 10.3 Å². The predicted octanol–water partition coefficient (Wildman–Crippen LogP) is 2.21. The van der Waals surface area contributed by atoms with Gasteiger partial charge in [-0.2, -0.15) is 18.4 Å². The Hall–Kier alpha value is -1.82. The molecule has 5 nitrogen and oxygen atoms in total. The van der Waals surface area contributed by atoms with Gasteiger partial charge in [0.05, 0.1) is 16.2 Å². The minimum Gasteiger partial charge on any atom is -0.383 e. The lowest BCUT2D eigenvalue weighted by Crippen LogP contribution is -2.19. The highest BCUT2D eigenvalue weighted by Gasteiger charge is 2.31. The van der Waals surface area contributed by atoms with Gasteiger partial charge in [-0.3, -0.25) is 0 Å². The SMILES string of the molecule is N#Cc1nc2cnc(N)c(Br)c2n1CC(F)(F)F. The Morgan fingerprint density at radius 1 is 1.50 bits per heavy atom. The van der Waals surface area contributed by atoms with Crippen molar-refractivity contribution in [1.29, 1.82) is 5.26 Å². The molecule has 94 valence electrons. The zero-order chi connectivity index (χ0) is 13.5. The van der Waals surface area contributed by atoms with E-state index in [1.54, 1.807) is 6.07 Å². The number of nitrogen functional groups attached to an aromatic ring is 1. The summed E-state index contributed by atoms with van der Waals surface area (Å²) in [7, 11) is 0. The van der Waals surface area contributed by atoms with Crippen molar-refractivity contribution < 1.29 is 13.2 Å². The number of alkyl halides is 3. The number of nitriles is 1. The minimum absolute atomic E-state index is 0.0373. The summed E-state index contributed by atoms with van der Waals surface area (Å²) in [4.78, 5) is 7.53. The first-order valence-electron chi connectivity index (χ1n) is 4.60. The normalized spacial score (nSPS) is 11.7. The van der Waals surface area contributed by atoms with E-state index in [1.807, 2.05) is 0 Å². The fourth-order valence-electron chi connectivity index (χ4n) is 1.52. The molecule has 9 heteroatoms. The second kappa shape index (κ2) is 4.13. The first-order chi connectivity index (χ1) is 8.33. The molecule has 0 amide bonds. The third-order valence-electron chi connectivity index (χ3n) is 2.19. The Kier molecular flexibility index (Phi) is 2.90. The quantitative estimate of drug-likeness (QED) is 0.873. The number of fused-ring (bicyclic) bond motifs is 1. The Morgan fingerprint density at radius 3 is 2.72 bits per heavy atom. The van der Waals surface area contributed by atoms with E-state index in [9.17, 15) is 13.2 Å². The van der Waals surface area contributed by atoms with Crippen molar-refractivity contribution in [3.8, 4) is 6.07 Å². The maximum absolute atomic E-state index is 12.5. The minimum atomic E-state index is -4.46. The van der Waals surface area contributed by atoms with Crippen molar-refractivity contribution in [1.82, 2.24) is 14.5 Å². The van der Waals surface area contributed by atoms with Crippen LogP contribution in [0.4, 0.5) is 19.0 Å². The maximum atomic E-state index is 12.5. The van der Waals surface area contributed by atoms with E-state index in [4.69, 9.17) is 11.0 Å². The van der Waals surface area contributed by atoms with Gasteiger partial charge in [0.1, 0.15) is 23.9 Å². The molecule has 0 aromatic carbocycles. The van der Waals surface area contributed by atoms with Gasteiger partial charge in [0.2, 0.25) is 5.82 Å². The Balaban J connectivity index is 2.76. The molecule has 2 N–H and O–H groups in total. The van der Waals surface area contributed by atoms with Crippen LogP contribution in [0.5, 0.6) is 0 Å². The number of rotatable bonds is 1. The van der Waals surface area contributed by atoms with Crippen LogP contribution in [0.1, 0.15) is 5.82 Å². The first-order valence-corrected chi connectivity index (χ1v) is 5.40. The van der Waals surface area contributed by atoms with Crippen LogP contribution in [-0.2, 0) is 6.54 Å². The molecule has 0 aliphatic carbocycles. The lowest BCUT2D eigenvalue weighted by molar-refractivity contribution is -0.140. The molecule has 0 spiro atoms. The fraction of sp³-hybridized carbons (Fsp3) is 0.222. The third-order valence-corrected chi connectivity index (χ3v) is 2.97. The molecular formula is C9H5BrF3N5. The molecule has 0 radical (unpaired) electrons. The number of hydrogen-bond donors (Lipinski definition) is 1. The van der Waals surface area contributed by atoms with Crippen LogP contribution in [-0.4, -0.2) is 20.7 Å². The van der Waals surface area contributed by atoms with Gasteiger partial charge in [-0.25, -0.2) is 9.97 Å². The van der Waals surface area contributed by atoms with Gasteiger partial charge in [-0.1, -0.05) is 0 Å². The number of pyridine rings is 1. The number of halogens is 4. The number of imidazole rings is 1. The van der Waals surface area contributed by atoms with Crippen LogP contribution in [0.25, 0.3) is 11.0 Å². The van der Waals surface area contributed by atoms with Crippen molar-refractivity contribution in [2.45, 2.75) is 12.7 Å². The van der Waals surface area contributed by atoms with Crippen molar-refractivity contribution in [2.24, 2.45) is 0 Å². The topological polar surface area (TPSA) is 80.5 Å². The Morgan fingerprint density at radius 2 is 2.17 bits per heavy atom. The van der Waals surface area contributed by atoms with Gasteiger partial charge in [0.25, 0.3) is 0 Å². The van der Waals surface area contributed by atoms with E-state index in [0.29, 0.717) is 0 Å². The molecule has 0 saturated heterocycles. The molecule has 2 aromatic rings. The van der Waals surface area contributed by atoms with E-state index in [-0.39, 0.29) is 27.1 Å². The lowest BCUT2D eigenvalue weighted by atomic mass is 10.4. The van der Waals surface area contributed by atoms with Crippen LogP contribution in [0.2, 0.25) is 0 Å². The molecule has 0 saturated carbocycles. The third kappa shape index (κ3) is 2.11. The summed E-state index contributed by atoms with van der Waals surface area (Å²) in [5.41, 5.74) is 5.79. The van der Waals surface area contributed by atoms with Crippen molar-refractivity contribution in [3.05, 3.63) is 16.5 Å². The smallest absolute Gasteiger partial charge is 0.383 e. The molecule has 0 bridgehead atoms. The largest absolute Gasteiger partial charge is 0.406 e. The van der Waals surface area contributed by atoms with Crippen molar-refractivity contribution in [3.63, 3.8) is 0 Å². The second-order valence-corrected chi connectivity index (χ2v) is 4.23. The number of aromatic nitrogens is 3. The van der Waals surface area contributed by atoms with E-state index >= 15 is 0 Å². The highest BCUT2D eigenvalue weighted by atomic mass is 79.9. The molecule has 2 aromatic heterocycles. The number of anilines is 1. The zero-order valence-corrected chi connectivity index (χ0v) is 10.2. The Labute approximate surface area is 107 Å². The van der Waals surface area contributed by atoms with Gasteiger partial charge in [0, 0.05) is 0 Å². The van der Waals surface area contributed by atoms with Gasteiger partial charge in [-0.05, 0) is 15.9 Å². The van der Waals surface area contributed by atoms with E-state index in [0.717, 1.165) is 4.57 Å². The van der Waals surface area contributed by atoms with Crippen LogP contribution >= 0.6 is 15.9 Å². The second-order valence-electron chi connectivity index (χ2n) is 3.44. The first kappa shape index (κ1) is 12.6. The van der Waals surface area contributed by atoms with E-state index in [2.05, 4.69) is 25.9 Å². The monoisotopic (exact) mass is 319 g/mol. The standard InChI is InChI=1S/C9H5BrF3N5/c10-6-7-4(2-16-8(6)15)17-5(1-14)18(7)3-9(11,12)13/h2H,3H2,(H2,15,16). The summed E-state index contributed by atoms with van der Waals surface area (Å²) in [5, 5.41) is 8.81. The number of nitrogens with zero attached hydrogens (tertiary/aromatic N) is 4. The predicted molar refractivity (Wildman–Crippen MR) is 60.4 cm³/mol. The lowest BCUT2D eigenvalue weighted by Gasteiger charge is -2.10. The summed E-state index contributed by atoms with van der Waals surface area (Å²) in [5.74, 6) is -0.300. The number of hydrogen-bond acceptors (Lipinski definition) is 4. The summed E-state index contributed by atoms with van der Waals surface area (Å²) in [6, 6.07) is 1.62. The molecule has 18 heavy (non-hydrogen) atoms. The van der Waals surface area contributed by atoms with Crippen LogP contribution < -0.4 is 5.73 Å². The molecule has 0 fully saturated rings. The summed E-state index contributed by atoms with van der Waals surface area (Å²) >= 11 is 3.06. The molecule has 0 unspecified atom stereocenters. The van der Waals surface area contributed by atoms with Crippen LogP contribution in [0, 0.1) is 11.3 Å². The maximum Gasteiger partial charge on any atom is 0.406 e. The molecule has 0 aliphatic heterocycles. The molecular weight excluding hydrogens is 315 g/mol. The number of nitrogens with two attached hydrogens (primary N) is 1. The van der Waals surface area contributed by atoms with Gasteiger partial charge >= 0.3 is 6.18 Å². The highest BCUT2D eigenvalue weighted by molar-refractivity contribution is 9.10. The van der Waals surface area contributed by atoms with Gasteiger partial charge in [0.15, 0.2) is 0 Å². The molecule has 2 rings (SSSR count). The molecule has 0 atom stereocenters. The molecule has 2 heterocycles. The molecule has 0 aliphatic rings. The highest BCUT2D eigenvalue weighted by Crippen LogP contribution is 2.30. The fourth-order valence-corrected chi connectivity index (χ4v) is 2.04. The summed E-state index contributed by atoms with van der Waals surface area (Å²) in [6.45, 7) is -1.31. The van der Waals surface area contributed by atoms with E-state index < -0.39 is 12.7 Å². The van der Waals surface area contributed by atoms with Crippen molar-refractivity contribution >= 4 is 32.8 Å².